The molecule has 11 heteroatoms. The molecule has 1 rings (SSSR count). The number of benzene rings is 1. The molecule has 0 heterocycles. The lowest BCUT2D eigenvalue weighted by molar-refractivity contribution is -0.141. The molecule has 1 aromatic carbocycles. The first kappa shape index (κ1) is 30.4. The Kier molecular flexibility index (Phi) is 14.0. The van der Waals surface area contributed by atoms with Gasteiger partial charge in [-0.2, -0.15) is 12.6 Å². The standard InChI is InChI=1S/C24H39N5O5S/c1-3-15(2)20(29-21(30)17(26)13-16-9-5-4-6-10-16)23(32)27-18(11-7-8-12-25)22(31)28-19(14-35)24(33)34/h4-6,9-10,15,17-20,35H,3,7-8,11-14,25-26H2,1-2H3,(H,27,32)(H,28,31)(H,29,30)(H,33,34). The number of carboxylic acids is 1. The molecule has 0 aliphatic rings. The first-order valence-electron chi connectivity index (χ1n) is 11.9. The normalized spacial score (nSPS) is 15.2. The topological polar surface area (TPSA) is 177 Å². The summed E-state index contributed by atoms with van der Waals surface area (Å²) >= 11 is 3.96. The third-order valence-electron chi connectivity index (χ3n) is 5.81. The fourth-order valence-corrected chi connectivity index (χ4v) is 3.65. The van der Waals surface area contributed by atoms with Gasteiger partial charge in [-0.15, -0.1) is 0 Å². The minimum atomic E-state index is -1.22. The third-order valence-corrected chi connectivity index (χ3v) is 6.17. The van der Waals surface area contributed by atoms with Gasteiger partial charge in [0.2, 0.25) is 17.7 Å². The zero-order valence-electron chi connectivity index (χ0n) is 20.4. The van der Waals surface area contributed by atoms with Gasteiger partial charge in [-0.25, -0.2) is 4.79 Å². The number of carbonyl (C=O) groups is 4. The van der Waals surface area contributed by atoms with Gasteiger partial charge >= 0.3 is 5.97 Å². The van der Waals surface area contributed by atoms with E-state index in [1.165, 1.54) is 0 Å². The molecule has 0 aliphatic heterocycles. The number of hydrogen-bond acceptors (Lipinski definition) is 7. The number of amides is 3. The van der Waals surface area contributed by atoms with Crippen molar-refractivity contribution in [1.29, 1.82) is 0 Å². The van der Waals surface area contributed by atoms with E-state index in [0.717, 1.165) is 5.56 Å². The van der Waals surface area contributed by atoms with Crippen molar-refractivity contribution in [3.05, 3.63) is 35.9 Å². The minimum Gasteiger partial charge on any atom is -0.480 e. The smallest absolute Gasteiger partial charge is 0.327 e. The van der Waals surface area contributed by atoms with E-state index >= 15 is 0 Å². The van der Waals surface area contributed by atoms with Crippen molar-refractivity contribution in [3.63, 3.8) is 0 Å². The van der Waals surface area contributed by atoms with E-state index in [1.54, 1.807) is 0 Å². The molecule has 0 spiro atoms. The van der Waals surface area contributed by atoms with Gasteiger partial charge in [0.1, 0.15) is 18.1 Å². The van der Waals surface area contributed by atoms with Crippen molar-refractivity contribution in [2.75, 3.05) is 12.3 Å². The maximum absolute atomic E-state index is 13.2. The number of thiol groups is 1. The van der Waals surface area contributed by atoms with Gasteiger partial charge in [-0.05, 0) is 43.7 Å². The highest BCUT2D eigenvalue weighted by atomic mass is 32.1. The molecule has 196 valence electrons. The average molecular weight is 510 g/mol. The summed E-state index contributed by atoms with van der Waals surface area (Å²) in [6.07, 6.45) is 2.36. The van der Waals surface area contributed by atoms with E-state index in [0.29, 0.717) is 32.2 Å². The molecular formula is C24H39N5O5S. The van der Waals surface area contributed by atoms with Crippen LogP contribution in [0, 0.1) is 5.92 Å². The number of nitrogens with two attached hydrogens (primary N) is 2. The second-order valence-corrected chi connectivity index (χ2v) is 8.96. The van der Waals surface area contributed by atoms with Crippen LogP contribution in [0.4, 0.5) is 0 Å². The second-order valence-electron chi connectivity index (χ2n) is 8.60. The van der Waals surface area contributed by atoms with E-state index in [1.807, 2.05) is 44.2 Å². The van der Waals surface area contributed by atoms with Crippen LogP contribution >= 0.6 is 12.6 Å². The maximum Gasteiger partial charge on any atom is 0.327 e. The quantitative estimate of drug-likeness (QED) is 0.123. The summed E-state index contributed by atoms with van der Waals surface area (Å²) in [7, 11) is 0. The number of nitrogens with one attached hydrogen (secondary N) is 3. The molecule has 0 aliphatic carbocycles. The second kappa shape index (κ2) is 16.1. The molecule has 35 heavy (non-hydrogen) atoms. The Labute approximate surface area is 212 Å². The van der Waals surface area contributed by atoms with Crippen molar-refractivity contribution in [2.45, 2.75) is 70.1 Å². The van der Waals surface area contributed by atoms with Crippen LogP contribution in [0.3, 0.4) is 0 Å². The van der Waals surface area contributed by atoms with Gasteiger partial charge in [0.25, 0.3) is 0 Å². The highest BCUT2D eigenvalue weighted by molar-refractivity contribution is 7.80. The van der Waals surface area contributed by atoms with Crippen molar-refractivity contribution in [3.8, 4) is 0 Å². The van der Waals surface area contributed by atoms with Crippen LogP contribution in [0.5, 0.6) is 0 Å². The summed E-state index contributed by atoms with van der Waals surface area (Å²) < 4.78 is 0. The minimum absolute atomic E-state index is 0.102. The molecule has 5 atom stereocenters. The molecule has 0 saturated heterocycles. The maximum atomic E-state index is 13.2. The number of unbranched alkanes of at least 4 members (excludes halogenated alkanes) is 1. The fraction of sp³-hybridized carbons (Fsp3) is 0.583. The molecule has 0 aromatic heterocycles. The van der Waals surface area contributed by atoms with Crippen LogP contribution in [0.1, 0.15) is 45.1 Å². The number of hydrogen-bond donors (Lipinski definition) is 7. The predicted octanol–water partition coefficient (Wildman–Crippen LogP) is 0.200. The Morgan fingerprint density at radius 2 is 1.60 bits per heavy atom. The van der Waals surface area contributed by atoms with Crippen LogP contribution in [-0.4, -0.2) is 65.3 Å². The third kappa shape index (κ3) is 10.7. The molecule has 8 N–H and O–H groups in total. The summed E-state index contributed by atoms with van der Waals surface area (Å²) in [6.45, 7) is 4.12. The van der Waals surface area contributed by atoms with E-state index in [4.69, 9.17) is 11.5 Å². The van der Waals surface area contributed by atoms with Gasteiger partial charge in [0, 0.05) is 5.75 Å². The monoisotopic (exact) mass is 509 g/mol. The van der Waals surface area contributed by atoms with Crippen molar-refractivity contribution in [1.82, 2.24) is 16.0 Å². The van der Waals surface area contributed by atoms with Gasteiger partial charge in [0.05, 0.1) is 6.04 Å². The highest BCUT2D eigenvalue weighted by Gasteiger charge is 2.32. The van der Waals surface area contributed by atoms with Crippen molar-refractivity contribution in [2.24, 2.45) is 17.4 Å². The molecule has 0 saturated carbocycles. The average Bonchev–Trinajstić information content (AvgIpc) is 2.84. The predicted molar refractivity (Wildman–Crippen MR) is 138 cm³/mol. The number of carboxylic acid groups (broad SMARTS) is 1. The summed E-state index contributed by atoms with van der Waals surface area (Å²) in [6, 6.07) is 5.36. The Hall–Kier alpha value is -2.63. The molecule has 1 aromatic rings. The summed E-state index contributed by atoms with van der Waals surface area (Å²) in [5, 5.41) is 17.0. The number of aliphatic carboxylic acids is 1. The van der Waals surface area contributed by atoms with E-state index in [-0.39, 0.29) is 18.1 Å². The first-order valence-corrected chi connectivity index (χ1v) is 12.5. The Morgan fingerprint density at radius 3 is 2.14 bits per heavy atom. The summed E-state index contributed by atoms with van der Waals surface area (Å²) in [5.74, 6) is -3.20. The van der Waals surface area contributed by atoms with Gasteiger partial charge in [0.15, 0.2) is 0 Å². The summed E-state index contributed by atoms with van der Waals surface area (Å²) in [4.78, 5) is 50.1. The lowest BCUT2D eigenvalue weighted by Gasteiger charge is -2.28. The molecule has 0 fully saturated rings. The van der Waals surface area contributed by atoms with Crippen molar-refractivity contribution < 1.29 is 24.3 Å². The fourth-order valence-electron chi connectivity index (χ4n) is 3.40. The van der Waals surface area contributed by atoms with Crippen LogP contribution in [0.2, 0.25) is 0 Å². The number of rotatable bonds is 16. The molecular weight excluding hydrogens is 470 g/mol. The zero-order valence-corrected chi connectivity index (χ0v) is 21.3. The molecule has 0 radical (unpaired) electrons. The van der Waals surface area contributed by atoms with E-state index in [9.17, 15) is 24.3 Å². The van der Waals surface area contributed by atoms with E-state index < -0.39 is 47.9 Å². The lowest BCUT2D eigenvalue weighted by Crippen LogP contribution is -2.59. The van der Waals surface area contributed by atoms with E-state index in [2.05, 4.69) is 28.6 Å². The van der Waals surface area contributed by atoms with Gasteiger partial charge < -0.3 is 32.5 Å². The lowest BCUT2D eigenvalue weighted by atomic mass is 9.96. The Morgan fingerprint density at radius 1 is 0.971 bits per heavy atom. The zero-order chi connectivity index (χ0) is 26.4. The molecule has 10 nitrogen and oxygen atoms in total. The molecule has 0 bridgehead atoms. The van der Waals surface area contributed by atoms with Crippen LogP contribution in [0.15, 0.2) is 30.3 Å². The molecule has 3 amide bonds. The van der Waals surface area contributed by atoms with Gasteiger partial charge in [-0.3, -0.25) is 14.4 Å². The molecule has 5 unspecified atom stereocenters. The SMILES string of the molecule is CCC(C)C(NC(=O)C(N)Cc1ccccc1)C(=O)NC(CCCCN)C(=O)NC(CS)C(=O)O. The first-order chi connectivity index (χ1) is 16.6. The Bertz CT molecular complexity index is 826. The van der Waals surface area contributed by atoms with Gasteiger partial charge in [-0.1, -0.05) is 50.6 Å². The largest absolute Gasteiger partial charge is 0.480 e. The summed E-state index contributed by atoms with van der Waals surface area (Å²) in [5.41, 5.74) is 12.5. The van der Waals surface area contributed by atoms with Crippen LogP contribution in [-0.2, 0) is 25.6 Å². The van der Waals surface area contributed by atoms with Crippen LogP contribution < -0.4 is 27.4 Å². The Balaban J connectivity index is 2.94. The highest BCUT2D eigenvalue weighted by Crippen LogP contribution is 2.11. The van der Waals surface area contributed by atoms with Crippen molar-refractivity contribution >= 4 is 36.3 Å². The van der Waals surface area contributed by atoms with Crippen LogP contribution in [0.25, 0.3) is 0 Å². The number of carbonyl (C=O) groups excluding carboxylic acids is 3.